The number of hydrogen-bond acceptors (Lipinski definition) is 3. The molecule has 5 nitrogen and oxygen atoms in total. The second-order valence-electron chi connectivity index (χ2n) is 5.53. The number of amides is 1. The Balaban J connectivity index is 3.52. The standard InChI is InChI=1S/C11H24N2O3Si/c1-17(2,3)8-10(14)13-7-5-4-6-9(12)11(15)16/h9H,4-8,12H2,1-3H3,(H,13,14)(H,15,16)/t9-/m0/s1. The molecule has 0 aliphatic carbocycles. The third-order valence-corrected chi connectivity index (χ3v) is 3.65. The first kappa shape index (κ1) is 16.1. The molecule has 0 saturated carbocycles. The van der Waals surface area contributed by atoms with Gasteiger partial charge in [-0.25, -0.2) is 0 Å². The number of nitrogens with two attached hydrogens (primary N) is 1. The van der Waals surface area contributed by atoms with Gasteiger partial charge in [0.1, 0.15) is 6.04 Å². The molecular formula is C11H24N2O3Si. The zero-order chi connectivity index (χ0) is 13.5. The molecule has 1 atom stereocenters. The van der Waals surface area contributed by atoms with Crippen molar-refractivity contribution in [2.45, 2.75) is 51.0 Å². The van der Waals surface area contributed by atoms with Crippen LogP contribution in [0.3, 0.4) is 0 Å². The van der Waals surface area contributed by atoms with Gasteiger partial charge in [-0.1, -0.05) is 19.6 Å². The van der Waals surface area contributed by atoms with Crippen LogP contribution in [0.4, 0.5) is 0 Å². The molecule has 17 heavy (non-hydrogen) atoms. The van der Waals surface area contributed by atoms with Crippen molar-refractivity contribution in [3.63, 3.8) is 0 Å². The van der Waals surface area contributed by atoms with E-state index in [2.05, 4.69) is 25.0 Å². The molecule has 0 radical (unpaired) electrons. The number of unbranched alkanes of at least 4 members (excludes halogenated alkanes) is 1. The minimum atomic E-state index is -1.33. The number of carboxylic acid groups (broad SMARTS) is 1. The Morgan fingerprint density at radius 2 is 1.88 bits per heavy atom. The average molecular weight is 260 g/mol. The maximum Gasteiger partial charge on any atom is 0.320 e. The van der Waals surface area contributed by atoms with Gasteiger partial charge in [0.25, 0.3) is 0 Å². The fourth-order valence-corrected chi connectivity index (χ4v) is 2.47. The van der Waals surface area contributed by atoms with Crippen LogP contribution < -0.4 is 11.1 Å². The first-order valence-corrected chi connectivity index (χ1v) is 9.68. The van der Waals surface area contributed by atoms with E-state index in [-0.39, 0.29) is 5.91 Å². The Morgan fingerprint density at radius 3 is 2.35 bits per heavy atom. The highest BCUT2D eigenvalue weighted by molar-refractivity contribution is 6.78. The van der Waals surface area contributed by atoms with Crippen LogP contribution in [0.15, 0.2) is 0 Å². The topological polar surface area (TPSA) is 92.4 Å². The first-order valence-electron chi connectivity index (χ1n) is 5.97. The summed E-state index contributed by atoms with van der Waals surface area (Å²) in [4.78, 5) is 21.9. The Labute approximate surface area is 104 Å². The molecule has 0 aliphatic rings. The van der Waals surface area contributed by atoms with E-state index in [4.69, 9.17) is 10.8 Å². The number of carbonyl (C=O) groups is 2. The molecule has 0 aromatic heterocycles. The lowest BCUT2D eigenvalue weighted by Gasteiger charge is -2.15. The number of hydrogen-bond donors (Lipinski definition) is 3. The van der Waals surface area contributed by atoms with Crippen LogP contribution in [-0.2, 0) is 9.59 Å². The Bertz CT molecular complexity index is 264. The second kappa shape index (κ2) is 7.44. The van der Waals surface area contributed by atoms with Gasteiger partial charge in [-0.3, -0.25) is 9.59 Å². The van der Waals surface area contributed by atoms with E-state index >= 15 is 0 Å². The molecule has 100 valence electrons. The zero-order valence-corrected chi connectivity index (χ0v) is 12.0. The summed E-state index contributed by atoms with van der Waals surface area (Å²) in [7, 11) is -1.33. The molecule has 0 spiro atoms. The molecule has 0 unspecified atom stereocenters. The number of rotatable bonds is 8. The lowest BCUT2D eigenvalue weighted by Crippen LogP contribution is -2.33. The van der Waals surface area contributed by atoms with Crippen LogP contribution in [-0.4, -0.2) is 37.6 Å². The Kier molecular flexibility index (Phi) is 7.06. The van der Waals surface area contributed by atoms with Crippen molar-refractivity contribution in [2.75, 3.05) is 6.54 Å². The van der Waals surface area contributed by atoms with Gasteiger partial charge in [0, 0.05) is 12.6 Å². The quantitative estimate of drug-likeness (QED) is 0.449. The summed E-state index contributed by atoms with van der Waals surface area (Å²) >= 11 is 0. The molecule has 0 saturated heterocycles. The van der Waals surface area contributed by atoms with Gasteiger partial charge in [-0.15, -0.1) is 0 Å². The van der Waals surface area contributed by atoms with Crippen LogP contribution in [0.2, 0.25) is 25.7 Å². The van der Waals surface area contributed by atoms with E-state index in [1.165, 1.54) is 0 Å². The van der Waals surface area contributed by atoms with Crippen LogP contribution in [0.25, 0.3) is 0 Å². The predicted octanol–water partition coefficient (Wildman–Crippen LogP) is 1.02. The summed E-state index contributed by atoms with van der Waals surface area (Å²) in [5.41, 5.74) is 5.36. The highest BCUT2D eigenvalue weighted by Gasteiger charge is 2.17. The number of carbonyl (C=O) groups excluding carboxylic acids is 1. The smallest absolute Gasteiger partial charge is 0.320 e. The Hall–Kier alpha value is -0.883. The van der Waals surface area contributed by atoms with E-state index < -0.39 is 20.1 Å². The van der Waals surface area contributed by atoms with E-state index in [9.17, 15) is 9.59 Å². The first-order chi connectivity index (χ1) is 7.72. The number of aliphatic carboxylic acids is 1. The van der Waals surface area contributed by atoms with Gasteiger partial charge >= 0.3 is 5.97 Å². The normalized spacial score (nSPS) is 13.2. The minimum Gasteiger partial charge on any atom is -0.480 e. The minimum absolute atomic E-state index is 0.103. The molecule has 0 aliphatic heterocycles. The molecule has 4 N–H and O–H groups in total. The van der Waals surface area contributed by atoms with Crippen molar-refractivity contribution in [1.29, 1.82) is 0 Å². The predicted molar refractivity (Wildman–Crippen MR) is 70.6 cm³/mol. The molecular weight excluding hydrogens is 236 g/mol. The highest BCUT2D eigenvalue weighted by atomic mass is 28.3. The molecule has 0 bridgehead atoms. The molecule has 0 aromatic carbocycles. The maximum atomic E-state index is 11.5. The SMILES string of the molecule is C[Si](C)(C)CC(=O)NCCCC[C@H](N)C(=O)O. The fourth-order valence-electron chi connectivity index (χ4n) is 1.38. The van der Waals surface area contributed by atoms with Crippen LogP contribution in [0, 0.1) is 0 Å². The molecule has 0 fully saturated rings. The van der Waals surface area contributed by atoms with Crippen LogP contribution >= 0.6 is 0 Å². The monoisotopic (exact) mass is 260 g/mol. The van der Waals surface area contributed by atoms with Crippen molar-refractivity contribution in [3.8, 4) is 0 Å². The summed E-state index contributed by atoms with van der Waals surface area (Å²) in [5.74, 6) is -0.862. The maximum absolute atomic E-state index is 11.5. The fraction of sp³-hybridized carbons (Fsp3) is 0.818. The molecule has 6 heteroatoms. The summed E-state index contributed by atoms with van der Waals surface area (Å²) in [6, 6.07) is -0.144. The third-order valence-electron chi connectivity index (χ3n) is 2.27. The van der Waals surface area contributed by atoms with Gasteiger partial charge < -0.3 is 16.2 Å². The lowest BCUT2D eigenvalue weighted by molar-refractivity contribution is -0.138. The lowest BCUT2D eigenvalue weighted by atomic mass is 10.1. The van der Waals surface area contributed by atoms with Crippen molar-refractivity contribution in [2.24, 2.45) is 5.73 Å². The van der Waals surface area contributed by atoms with Gasteiger partial charge in [0.05, 0.1) is 8.07 Å². The molecule has 0 aromatic rings. The van der Waals surface area contributed by atoms with E-state index in [0.29, 0.717) is 19.0 Å². The summed E-state index contributed by atoms with van der Waals surface area (Å²) in [6.07, 6.45) is 1.96. The molecule has 0 heterocycles. The molecule has 1 amide bonds. The highest BCUT2D eigenvalue weighted by Crippen LogP contribution is 2.07. The van der Waals surface area contributed by atoms with Crippen molar-refractivity contribution in [1.82, 2.24) is 5.32 Å². The van der Waals surface area contributed by atoms with Gasteiger partial charge in [-0.05, 0) is 19.3 Å². The second-order valence-corrected chi connectivity index (χ2v) is 11.0. The van der Waals surface area contributed by atoms with Gasteiger partial charge in [0.15, 0.2) is 0 Å². The van der Waals surface area contributed by atoms with E-state index in [1.807, 2.05) is 0 Å². The van der Waals surface area contributed by atoms with E-state index in [1.54, 1.807) is 0 Å². The largest absolute Gasteiger partial charge is 0.480 e. The molecule has 0 rings (SSSR count). The number of nitrogens with one attached hydrogen (secondary N) is 1. The van der Waals surface area contributed by atoms with Crippen molar-refractivity contribution in [3.05, 3.63) is 0 Å². The summed E-state index contributed by atoms with van der Waals surface area (Å²) in [6.45, 7) is 7.06. The van der Waals surface area contributed by atoms with Crippen molar-refractivity contribution < 1.29 is 14.7 Å². The average Bonchev–Trinajstić information content (AvgIpc) is 2.13. The van der Waals surface area contributed by atoms with Crippen LogP contribution in [0.1, 0.15) is 19.3 Å². The van der Waals surface area contributed by atoms with Crippen LogP contribution in [0.5, 0.6) is 0 Å². The third kappa shape index (κ3) is 10.0. The summed E-state index contributed by atoms with van der Waals surface area (Å²) < 4.78 is 0. The van der Waals surface area contributed by atoms with E-state index in [0.717, 1.165) is 12.8 Å². The zero-order valence-electron chi connectivity index (χ0n) is 11.0. The summed E-state index contributed by atoms with van der Waals surface area (Å²) in [5, 5.41) is 11.4. The van der Waals surface area contributed by atoms with Gasteiger partial charge in [-0.2, -0.15) is 0 Å². The van der Waals surface area contributed by atoms with Crippen molar-refractivity contribution >= 4 is 20.0 Å². The Morgan fingerprint density at radius 1 is 1.29 bits per heavy atom. The van der Waals surface area contributed by atoms with Gasteiger partial charge in [0.2, 0.25) is 5.91 Å². The number of carboxylic acids is 1.